The molecule has 3 heteroatoms. The molecule has 1 heterocycles. The zero-order valence-electron chi connectivity index (χ0n) is 7.12. The summed E-state index contributed by atoms with van der Waals surface area (Å²) in [5.41, 5.74) is 1.04. The van der Waals surface area contributed by atoms with Crippen LogP contribution in [0.1, 0.15) is 11.9 Å². The molecular weight excluding hydrogens is 202 g/mol. The minimum atomic E-state index is 0.763. The Morgan fingerprint density at radius 1 is 1.46 bits per heavy atom. The van der Waals surface area contributed by atoms with Gasteiger partial charge in [0.2, 0.25) is 0 Å². The van der Waals surface area contributed by atoms with Crippen molar-refractivity contribution in [1.29, 1.82) is 0 Å². The lowest BCUT2D eigenvalue weighted by Crippen LogP contribution is -1.68. The predicted molar refractivity (Wildman–Crippen MR) is 59.1 cm³/mol. The molecule has 0 aliphatic heterocycles. The van der Waals surface area contributed by atoms with Crippen molar-refractivity contribution in [2.24, 2.45) is 0 Å². The second kappa shape index (κ2) is 3.48. The zero-order valence-corrected chi connectivity index (χ0v) is 8.69. The largest absolute Gasteiger partial charge is 0.237 e. The summed E-state index contributed by atoms with van der Waals surface area (Å²) in [4.78, 5) is 4.41. The van der Waals surface area contributed by atoms with E-state index in [1.54, 1.807) is 11.3 Å². The van der Waals surface area contributed by atoms with Gasteiger partial charge in [0.25, 0.3) is 0 Å². The van der Waals surface area contributed by atoms with Crippen LogP contribution < -0.4 is 0 Å². The molecule has 0 saturated carbocycles. The monoisotopic (exact) mass is 209 g/mol. The van der Waals surface area contributed by atoms with Crippen molar-refractivity contribution in [3.63, 3.8) is 0 Å². The fourth-order valence-electron chi connectivity index (χ4n) is 1.12. The van der Waals surface area contributed by atoms with Crippen molar-refractivity contribution in [2.45, 2.75) is 6.92 Å². The lowest BCUT2D eigenvalue weighted by atomic mass is 10.3. The van der Waals surface area contributed by atoms with E-state index in [1.807, 2.05) is 31.2 Å². The highest BCUT2D eigenvalue weighted by Gasteiger charge is 1.99. The van der Waals surface area contributed by atoms with Crippen LogP contribution in [0, 0.1) is 0 Å². The summed E-state index contributed by atoms with van der Waals surface area (Å²) in [6, 6.07) is 8.07. The molecule has 0 atom stereocenters. The lowest BCUT2D eigenvalue weighted by molar-refractivity contribution is 1.46. The van der Waals surface area contributed by atoms with Gasteiger partial charge < -0.3 is 0 Å². The predicted octanol–water partition coefficient (Wildman–Crippen LogP) is 3.90. The standard InChI is InChI=1S/C10H8ClNS/c1-7(11)6-10-12-8-4-2-3-5-9(8)13-10/h2-6H,1H3/b7-6+. The Morgan fingerprint density at radius 3 is 2.92 bits per heavy atom. The molecule has 0 unspecified atom stereocenters. The van der Waals surface area contributed by atoms with Crippen molar-refractivity contribution >= 4 is 39.2 Å². The molecule has 0 aliphatic rings. The smallest absolute Gasteiger partial charge is 0.118 e. The van der Waals surface area contributed by atoms with Gasteiger partial charge in [-0.05, 0) is 25.1 Å². The molecule has 0 bridgehead atoms. The highest BCUT2D eigenvalue weighted by molar-refractivity contribution is 7.19. The van der Waals surface area contributed by atoms with Crippen LogP contribution in [0.4, 0.5) is 0 Å². The first-order valence-corrected chi connectivity index (χ1v) is 5.14. The van der Waals surface area contributed by atoms with Gasteiger partial charge in [0.15, 0.2) is 0 Å². The van der Waals surface area contributed by atoms with E-state index in [9.17, 15) is 0 Å². The maximum absolute atomic E-state index is 5.77. The molecule has 0 saturated heterocycles. The second-order valence-electron chi connectivity index (χ2n) is 2.75. The van der Waals surface area contributed by atoms with Gasteiger partial charge in [0, 0.05) is 5.03 Å². The second-order valence-corrected chi connectivity index (χ2v) is 4.41. The first-order valence-electron chi connectivity index (χ1n) is 3.95. The number of aromatic nitrogens is 1. The molecule has 1 nitrogen and oxygen atoms in total. The van der Waals surface area contributed by atoms with E-state index >= 15 is 0 Å². The first kappa shape index (κ1) is 8.73. The maximum atomic E-state index is 5.77. The topological polar surface area (TPSA) is 12.9 Å². The van der Waals surface area contributed by atoms with Crippen LogP contribution in [0.3, 0.4) is 0 Å². The summed E-state index contributed by atoms with van der Waals surface area (Å²) >= 11 is 7.42. The fourth-order valence-corrected chi connectivity index (χ4v) is 2.26. The third kappa shape index (κ3) is 1.90. The lowest BCUT2D eigenvalue weighted by Gasteiger charge is -1.81. The SMILES string of the molecule is C/C(Cl)=C\c1nc2ccccc2s1. The molecule has 1 aromatic heterocycles. The molecule has 2 aromatic rings. The van der Waals surface area contributed by atoms with Gasteiger partial charge in [0.05, 0.1) is 10.2 Å². The number of hydrogen-bond acceptors (Lipinski definition) is 2. The number of nitrogens with zero attached hydrogens (tertiary/aromatic N) is 1. The highest BCUT2D eigenvalue weighted by atomic mass is 35.5. The average molecular weight is 210 g/mol. The zero-order chi connectivity index (χ0) is 9.26. The number of hydrogen-bond donors (Lipinski definition) is 0. The van der Waals surface area contributed by atoms with Gasteiger partial charge in [-0.15, -0.1) is 11.3 Å². The van der Waals surface area contributed by atoms with Crippen molar-refractivity contribution < 1.29 is 0 Å². The Kier molecular flexibility index (Phi) is 2.34. The van der Waals surface area contributed by atoms with E-state index in [1.165, 1.54) is 4.70 Å². The molecule has 66 valence electrons. The van der Waals surface area contributed by atoms with E-state index in [0.29, 0.717) is 0 Å². The van der Waals surface area contributed by atoms with Crippen LogP contribution in [0.15, 0.2) is 29.3 Å². The van der Waals surface area contributed by atoms with Gasteiger partial charge >= 0.3 is 0 Å². The van der Waals surface area contributed by atoms with Crippen molar-refractivity contribution in [1.82, 2.24) is 4.98 Å². The molecule has 13 heavy (non-hydrogen) atoms. The van der Waals surface area contributed by atoms with E-state index in [4.69, 9.17) is 11.6 Å². The Hall–Kier alpha value is -0.860. The Bertz CT molecular complexity index is 422. The van der Waals surface area contributed by atoms with Gasteiger partial charge in [-0.3, -0.25) is 0 Å². The third-order valence-corrected chi connectivity index (χ3v) is 2.73. The number of fused-ring (bicyclic) bond motifs is 1. The number of para-hydroxylation sites is 1. The summed E-state index contributed by atoms with van der Waals surface area (Å²) in [5, 5.41) is 1.73. The molecule has 2 rings (SSSR count). The quantitative estimate of drug-likeness (QED) is 0.694. The molecule has 0 spiro atoms. The van der Waals surface area contributed by atoms with Crippen LogP contribution in [0.5, 0.6) is 0 Å². The molecule has 0 radical (unpaired) electrons. The minimum absolute atomic E-state index is 0.763. The Morgan fingerprint density at radius 2 is 2.23 bits per heavy atom. The van der Waals surface area contributed by atoms with Crippen LogP contribution in [-0.4, -0.2) is 4.98 Å². The van der Waals surface area contributed by atoms with Gasteiger partial charge in [-0.1, -0.05) is 23.7 Å². The Labute approximate surface area is 85.7 Å². The van der Waals surface area contributed by atoms with E-state index in [0.717, 1.165) is 15.6 Å². The third-order valence-electron chi connectivity index (χ3n) is 1.63. The molecule has 0 aliphatic carbocycles. The summed E-state index contributed by atoms with van der Waals surface area (Å²) in [5.74, 6) is 0. The number of benzene rings is 1. The fraction of sp³-hybridized carbons (Fsp3) is 0.100. The van der Waals surface area contributed by atoms with Crippen LogP contribution in [-0.2, 0) is 0 Å². The van der Waals surface area contributed by atoms with Crippen LogP contribution in [0.2, 0.25) is 0 Å². The van der Waals surface area contributed by atoms with Crippen LogP contribution >= 0.6 is 22.9 Å². The van der Waals surface area contributed by atoms with Gasteiger partial charge in [-0.2, -0.15) is 0 Å². The van der Waals surface area contributed by atoms with E-state index in [2.05, 4.69) is 11.1 Å². The van der Waals surface area contributed by atoms with Crippen LogP contribution in [0.25, 0.3) is 16.3 Å². The van der Waals surface area contributed by atoms with Gasteiger partial charge in [-0.25, -0.2) is 4.98 Å². The molecule has 0 fully saturated rings. The number of halogens is 1. The highest BCUT2D eigenvalue weighted by Crippen LogP contribution is 2.23. The molecule has 0 amide bonds. The molecule has 0 N–H and O–H groups in total. The first-order chi connectivity index (χ1) is 6.25. The summed E-state index contributed by atoms with van der Waals surface area (Å²) in [7, 11) is 0. The van der Waals surface area contributed by atoms with Crippen molar-refractivity contribution in [3.05, 3.63) is 34.3 Å². The number of rotatable bonds is 1. The number of allylic oxidation sites excluding steroid dienone is 1. The molecular formula is C10H8ClNS. The van der Waals surface area contributed by atoms with E-state index in [-0.39, 0.29) is 0 Å². The average Bonchev–Trinajstić information content (AvgIpc) is 2.44. The maximum Gasteiger partial charge on any atom is 0.118 e. The Balaban J connectivity index is 2.56. The summed E-state index contributed by atoms with van der Waals surface area (Å²) in [6.07, 6.45) is 1.88. The van der Waals surface area contributed by atoms with E-state index < -0.39 is 0 Å². The number of thiazole rings is 1. The van der Waals surface area contributed by atoms with Crippen molar-refractivity contribution in [3.8, 4) is 0 Å². The summed E-state index contributed by atoms with van der Waals surface area (Å²) in [6.45, 7) is 1.85. The van der Waals surface area contributed by atoms with Gasteiger partial charge in [0.1, 0.15) is 5.01 Å². The van der Waals surface area contributed by atoms with Crippen molar-refractivity contribution in [2.75, 3.05) is 0 Å². The summed E-state index contributed by atoms with van der Waals surface area (Å²) < 4.78 is 1.20. The normalized spacial score (nSPS) is 12.3. The minimum Gasteiger partial charge on any atom is -0.237 e. The molecule has 1 aromatic carbocycles.